The van der Waals surface area contributed by atoms with Crippen LogP contribution in [0, 0.1) is 5.92 Å². The quantitative estimate of drug-likeness (QED) is 0.523. The largest absolute Gasteiger partial charge is 0.315 e. The first-order valence-electron chi connectivity index (χ1n) is 6.32. The third kappa shape index (κ3) is 6.61. The predicted molar refractivity (Wildman–Crippen MR) is 79.2 cm³/mol. The zero-order valence-corrected chi connectivity index (χ0v) is 13.1. The second-order valence-electron chi connectivity index (χ2n) is 4.48. The molecule has 0 saturated carbocycles. The van der Waals surface area contributed by atoms with Crippen LogP contribution in [0.3, 0.4) is 0 Å². The molecule has 0 unspecified atom stereocenters. The summed E-state index contributed by atoms with van der Waals surface area (Å²) in [4.78, 5) is 0. The zero-order valence-electron chi connectivity index (χ0n) is 11.4. The standard InChI is InChI=1S/C11H23N5S2/c1-10(2)9-12-5-6-16-11(13-14-15-16)18-8-4-7-17-3/h10,12H,4-9H2,1-3H3. The highest BCUT2D eigenvalue weighted by Crippen LogP contribution is 2.15. The van der Waals surface area contributed by atoms with E-state index in [-0.39, 0.29) is 0 Å². The van der Waals surface area contributed by atoms with Gasteiger partial charge in [0.05, 0.1) is 6.54 Å². The Morgan fingerprint density at radius 3 is 2.89 bits per heavy atom. The number of thioether (sulfide) groups is 2. The molecule has 0 radical (unpaired) electrons. The van der Waals surface area contributed by atoms with Crippen molar-refractivity contribution >= 4 is 23.5 Å². The van der Waals surface area contributed by atoms with Crippen molar-refractivity contribution in [3.8, 4) is 0 Å². The van der Waals surface area contributed by atoms with Crippen molar-refractivity contribution < 1.29 is 0 Å². The highest BCUT2D eigenvalue weighted by Gasteiger charge is 2.05. The van der Waals surface area contributed by atoms with Crippen LogP contribution < -0.4 is 5.32 Å². The Kier molecular flexibility index (Phi) is 8.45. The molecule has 0 aliphatic rings. The zero-order chi connectivity index (χ0) is 13.2. The summed E-state index contributed by atoms with van der Waals surface area (Å²) in [6.45, 7) is 7.21. The monoisotopic (exact) mass is 289 g/mol. The lowest BCUT2D eigenvalue weighted by molar-refractivity contribution is 0.482. The summed E-state index contributed by atoms with van der Waals surface area (Å²) in [6.07, 6.45) is 3.33. The molecule has 0 aliphatic heterocycles. The molecule has 0 atom stereocenters. The third-order valence-corrected chi connectivity index (χ3v) is 4.02. The predicted octanol–water partition coefficient (Wildman–Crippen LogP) is 1.76. The smallest absolute Gasteiger partial charge is 0.209 e. The molecule has 0 amide bonds. The summed E-state index contributed by atoms with van der Waals surface area (Å²) >= 11 is 3.62. The van der Waals surface area contributed by atoms with E-state index < -0.39 is 0 Å². The van der Waals surface area contributed by atoms with Gasteiger partial charge in [0.2, 0.25) is 5.16 Å². The van der Waals surface area contributed by atoms with Crippen molar-refractivity contribution in [1.29, 1.82) is 0 Å². The van der Waals surface area contributed by atoms with Gasteiger partial charge in [0, 0.05) is 12.3 Å². The molecule has 18 heavy (non-hydrogen) atoms. The van der Waals surface area contributed by atoms with Crippen LogP contribution in [0.2, 0.25) is 0 Å². The van der Waals surface area contributed by atoms with Crippen LogP contribution in [0.15, 0.2) is 5.16 Å². The van der Waals surface area contributed by atoms with Crippen LogP contribution >= 0.6 is 23.5 Å². The Hall–Kier alpha value is -0.270. The van der Waals surface area contributed by atoms with E-state index in [1.54, 1.807) is 11.8 Å². The van der Waals surface area contributed by atoms with Crippen molar-refractivity contribution in [1.82, 2.24) is 25.5 Å². The van der Waals surface area contributed by atoms with E-state index in [1.807, 2.05) is 16.4 Å². The van der Waals surface area contributed by atoms with Gasteiger partial charge in [-0.25, -0.2) is 4.68 Å². The van der Waals surface area contributed by atoms with Crippen molar-refractivity contribution in [3.63, 3.8) is 0 Å². The van der Waals surface area contributed by atoms with Gasteiger partial charge in [-0.3, -0.25) is 0 Å². The maximum absolute atomic E-state index is 4.06. The summed E-state index contributed by atoms with van der Waals surface area (Å²) in [7, 11) is 0. The molecule has 0 fully saturated rings. The van der Waals surface area contributed by atoms with Gasteiger partial charge in [0.25, 0.3) is 0 Å². The lowest BCUT2D eigenvalue weighted by atomic mass is 10.2. The first kappa shape index (κ1) is 15.8. The first-order valence-corrected chi connectivity index (χ1v) is 8.70. The minimum absolute atomic E-state index is 0.680. The number of hydrogen-bond acceptors (Lipinski definition) is 6. The number of aromatic nitrogens is 4. The molecule has 104 valence electrons. The molecule has 0 bridgehead atoms. The van der Waals surface area contributed by atoms with Crippen molar-refractivity contribution in [3.05, 3.63) is 0 Å². The molecular formula is C11H23N5S2. The van der Waals surface area contributed by atoms with Gasteiger partial charge in [-0.1, -0.05) is 25.6 Å². The average Bonchev–Trinajstić information content (AvgIpc) is 2.78. The number of hydrogen-bond donors (Lipinski definition) is 1. The average molecular weight is 289 g/mol. The van der Waals surface area contributed by atoms with Crippen molar-refractivity contribution in [2.45, 2.75) is 32.0 Å². The van der Waals surface area contributed by atoms with E-state index in [2.05, 4.69) is 40.9 Å². The highest BCUT2D eigenvalue weighted by atomic mass is 32.2. The van der Waals surface area contributed by atoms with Gasteiger partial charge in [-0.05, 0) is 41.3 Å². The van der Waals surface area contributed by atoms with Crippen LogP contribution in [0.4, 0.5) is 0 Å². The Morgan fingerprint density at radius 2 is 2.17 bits per heavy atom. The first-order chi connectivity index (χ1) is 8.74. The molecule has 7 heteroatoms. The van der Waals surface area contributed by atoms with Crippen LogP contribution in [-0.2, 0) is 6.54 Å². The molecule has 5 nitrogen and oxygen atoms in total. The Labute approximate surface area is 118 Å². The molecule has 0 aliphatic carbocycles. The Morgan fingerprint density at radius 1 is 1.33 bits per heavy atom. The van der Waals surface area contributed by atoms with E-state index in [0.717, 1.165) is 30.5 Å². The fourth-order valence-corrected chi connectivity index (χ4v) is 2.84. The summed E-state index contributed by atoms with van der Waals surface area (Å²) < 4.78 is 1.89. The number of nitrogens with one attached hydrogen (secondary N) is 1. The van der Waals surface area contributed by atoms with Crippen molar-refractivity contribution in [2.24, 2.45) is 5.92 Å². The van der Waals surface area contributed by atoms with Crippen molar-refractivity contribution in [2.75, 3.05) is 30.9 Å². The maximum atomic E-state index is 4.06. The van der Waals surface area contributed by atoms with E-state index >= 15 is 0 Å². The van der Waals surface area contributed by atoms with Crippen LogP contribution in [-0.4, -0.2) is 51.1 Å². The fraction of sp³-hybridized carbons (Fsp3) is 0.909. The Balaban J connectivity index is 2.22. The molecule has 0 spiro atoms. The number of rotatable bonds is 10. The third-order valence-electron chi connectivity index (χ3n) is 2.28. The van der Waals surface area contributed by atoms with E-state index in [9.17, 15) is 0 Å². The van der Waals surface area contributed by atoms with E-state index in [1.165, 1.54) is 12.2 Å². The minimum Gasteiger partial charge on any atom is -0.315 e. The molecule has 1 aromatic heterocycles. The van der Waals surface area contributed by atoms with Crippen LogP contribution in [0.25, 0.3) is 0 Å². The summed E-state index contributed by atoms with van der Waals surface area (Å²) in [5.74, 6) is 2.96. The number of tetrazole rings is 1. The summed E-state index contributed by atoms with van der Waals surface area (Å²) in [6, 6.07) is 0. The van der Waals surface area contributed by atoms with Gasteiger partial charge >= 0.3 is 0 Å². The molecule has 1 rings (SSSR count). The second kappa shape index (κ2) is 9.63. The molecule has 1 N–H and O–H groups in total. The molecule has 0 aromatic carbocycles. The fourth-order valence-electron chi connectivity index (χ4n) is 1.38. The van der Waals surface area contributed by atoms with Gasteiger partial charge in [-0.2, -0.15) is 11.8 Å². The van der Waals surface area contributed by atoms with Crippen LogP contribution in [0.5, 0.6) is 0 Å². The van der Waals surface area contributed by atoms with E-state index in [4.69, 9.17) is 0 Å². The lowest BCUT2D eigenvalue weighted by Crippen LogP contribution is -2.24. The molecule has 1 aromatic rings. The molecule has 0 saturated heterocycles. The SMILES string of the molecule is CSCCCSc1nnnn1CCNCC(C)C. The summed E-state index contributed by atoms with van der Waals surface area (Å²) in [5, 5.41) is 16.2. The normalized spacial score (nSPS) is 11.3. The maximum Gasteiger partial charge on any atom is 0.209 e. The van der Waals surface area contributed by atoms with Gasteiger partial charge in [0.15, 0.2) is 0 Å². The second-order valence-corrected chi connectivity index (χ2v) is 6.53. The summed E-state index contributed by atoms with van der Waals surface area (Å²) in [5.41, 5.74) is 0. The minimum atomic E-state index is 0.680. The van der Waals surface area contributed by atoms with Gasteiger partial charge in [-0.15, -0.1) is 5.10 Å². The molecule has 1 heterocycles. The van der Waals surface area contributed by atoms with Gasteiger partial charge in [0.1, 0.15) is 0 Å². The topological polar surface area (TPSA) is 55.6 Å². The van der Waals surface area contributed by atoms with Gasteiger partial charge < -0.3 is 5.32 Å². The number of nitrogens with zero attached hydrogens (tertiary/aromatic N) is 4. The highest BCUT2D eigenvalue weighted by molar-refractivity contribution is 7.99. The van der Waals surface area contributed by atoms with Crippen LogP contribution in [0.1, 0.15) is 20.3 Å². The van der Waals surface area contributed by atoms with E-state index in [0.29, 0.717) is 5.92 Å². The lowest BCUT2D eigenvalue weighted by Gasteiger charge is -2.07. The Bertz CT molecular complexity index is 316. The molecular weight excluding hydrogens is 266 g/mol.